The summed E-state index contributed by atoms with van der Waals surface area (Å²) < 4.78 is 52.3. The number of benzene rings is 2. The molecule has 0 atom stereocenters. The molecule has 0 saturated carbocycles. The van der Waals surface area contributed by atoms with Crippen LogP contribution in [0.2, 0.25) is 5.02 Å². The Hall–Kier alpha value is -2.12. The maximum Gasteiger partial charge on any atom is 0.422 e. The fourth-order valence-corrected chi connectivity index (χ4v) is 2.71. The maximum absolute atomic E-state index is 12.2. The highest BCUT2D eigenvalue weighted by Crippen LogP contribution is 2.36. The zero-order valence-corrected chi connectivity index (χ0v) is 15.8. The first-order chi connectivity index (χ1) is 12.8. The maximum atomic E-state index is 12.2. The van der Waals surface area contributed by atoms with Crippen LogP contribution in [0.1, 0.15) is 18.1 Å². The zero-order valence-electron chi connectivity index (χ0n) is 15.0. The molecule has 0 aliphatic carbocycles. The summed E-state index contributed by atoms with van der Waals surface area (Å²) in [5.74, 6) is 1.22. The van der Waals surface area contributed by atoms with Crippen molar-refractivity contribution in [1.29, 1.82) is 0 Å². The molecular weight excluding hydrogens is 383 g/mol. The van der Waals surface area contributed by atoms with Crippen LogP contribution < -0.4 is 19.5 Å². The molecule has 0 spiro atoms. The lowest BCUT2D eigenvalue weighted by Gasteiger charge is -2.14. The van der Waals surface area contributed by atoms with Crippen molar-refractivity contribution in [2.45, 2.75) is 26.2 Å². The fraction of sp³-hybridized carbons (Fsp3) is 0.368. The number of rotatable bonds is 9. The van der Waals surface area contributed by atoms with Gasteiger partial charge in [0.05, 0.1) is 18.7 Å². The standard InChI is InChI=1S/C19H21ClF3NO3/c1-3-26-18-16(20)8-14(9-17(18)25-2)11-24-10-13-5-4-6-15(7-13)27-12-19(21,22)23/h4-9,24H,3,10-12H2,1-2H3. The Bertz CT molecular complexity index is 753. The summed E-state index contributed by atoms with van der Waals surface area (Å²) in [4.78, 5) is 0. The van der Waals surface area contributed by atoms with Gasteiger partial charge >= 0.3 is 6.18 Å². The Morgan fingerprint density at radius 2 is 1.78 bits per heavy atom. The second kappa shape index (κ2) is 9.71. The normalized spacial score (nSPS) is 11.3. The summed E-state index contributed by atoms with van der Waals surface area (Å²) in [6, 6.07) is 10.1. The van der Waals surface area contributed by atoms with E-state index in [0.717, 1.165) is 11.1 Å². The van der Waals surface area contributed by atoms with E-state index < -0.39 is 12.8 Å². The van der Waals surface area contributed by atoms with Crippen LogP contribution in [0.5, 0.6) is 17.2 Å². The molecule has 0 aliphatic rings. The smallest absolute Gasteiger partial charge is 0.422 e. The zero-order chi connectivity index (χ0) is 19.9. The molecule has 0 bridgehead atoms. The van der Waals surface area contributed by atoms with Crippen molar-refractivity contribution in [2.75, 3.05) is 20.3 Å². The lowest BCUT2D eigenvalue weighted by molar-refractivity contribution is -0.153. The Labute approximate surface area is 161 Å². The Kier molecular flexibility index (Phi) is 7.62. The van der Waals surface area contributed by atoms with Gasteiger partial charge in [-0.05, 0) is 42.3 Å². The number of hydrogen-bond acceptors (Lipinski definition) is 4. The minimum atomic E-state index is -4.36. The summed E-state index contributed by atoms with van der Waals surface area (Å²) in [6.45, 7) is 1.97. The fourth-order valence-electron chi connectivity index (χ4n) is 2.42. The second-order valence-electron chi connectivity index (χ2n) is 5.70. The van der Waals surface area contributed by atoms with Crippen LogP contribution in [0.25, 0.3) is 0 Å². The second-order valence-corrected chi connectivity index (χ2v) is 6.10. The number of halogens is 4. The molecule has 0 saturated heterocycles. The van der Waals surface area contributed by atoms with Crippen molar-refractivity contribution in [1.82, 2.24) is 5.32 Å². The molecular formula is C19H21ClF3NO3. The molecule has 4 nitrogen and oxygen atoms in total. The third kappa shape index (κ3) is 6.84. The van der Waals surface area contributed by atoms with Crippen molar-refractivity contribution in [3.8, 4) is 17.2 Å². The van der Waals surface area contributed by atoms with Crippen molar-refractivity contribution in [2.24, 2.45) is 0 Å². The molecule has 148 valence electrons. The Morgan fingerprint density at radius 1 is 1.04 bits per heavy atom. The van der Waals surface area contributed by atoms with E-state index in [-0.39, 0.29) is 5.75 Å². The van der Waals surface area contributed by atoms with E-state index >= 15 is 0 Å². The highest BCUT2D eigenvalue weighted by atomic mass is 35.5. The molecule has 0 radical (unpaired) electrons. The monoisotopic (exact) mass is 403 g/mol. The van der Waals surface area contributed by atoms with E-state index in [1.54, 1.807) is 24.3 Å². The van der Waals surface area contributed by atoms with E-state index in [4.69, 9.17) is 25.8 Å². The van der Waals surface area contributed by atoms with Crippen molar-refractivity contribution >= 4 is 11.6 Å². The van der Waals surface area contributed by atoms with Gasteiger partial charge in [-0.2, -0.15) is 13.2 Å². The summed E-state index contributed by atoms with van der Waals surface area (Å²) >= 11 is 6.24. The quantitative estimate of drug-likeness (QED) is 0.641. The summed E-state index contributed by atoms with van der Waals surface area (Å²) in [7, 11) is 1.54. The first-order valence-corrected chi connectivity index (χ1v) is 8.68. The van der Waals surface area contributed by atoms with Crippen LogP contribution in [0.4, 0.5) is 13.2 Å². The van der Waals surface area contributed by atoms with Crippen LogP contribution in [0.15, 0.2) is 36.4 Å². The Morgan fingerprint density at radius 3 is 2.44 bits per heavy atom. The van der Waals surface area contributed by atoms with Gasteiger partial charge in [-0.3, -0.25) is 0 Å². The van der Waals surface area contributed by atoms with Crippen molar-refractivity contribution < 1.29 is 27.4 Å². The van der Waals surface area contributed by atoms with E-state index in [2.05, 4.69) is 5.32 Å². The van der Waals surface area contributed by atoms with E-state index in [0.29, 0.717) is 36.2 Å². The van der Waals surface area contributed by atoms with Crippen LogP contribution in [0.3, 0.4) is 0 Å². The first kappa shape index (κ1) is 21.2. The average Bonchev–Trinajstić information content (AvgIpc) is 2.62. The highest BCUT2D eigenvalue weighted by molar-refractivity contribution is 6.32. The summed E-state index contributed by atoms with van der Waals surface area (Å²) in [5, 5.41) is 3.67. The molecule has 0 aliphatic heterocycles. The highest BCUT2D eigenvalue weighted by Gasteiger charge is 2.28. The molecule has 27 heavy (non-hydrogen) atoms. The average molecular weight is 404 g/mol. The molecule has 2 aromatic carbocycles. The molecule has 0 fully saturated rings. The number of ether oxygens (including phenoxy) is 3. The first-order valence-electron chi connectivity index (χ1n) is 8.30. The number of alkyl halides is 3. The summed E-state index contributed by atoms with van der Waals surface area (Å²) in [6.07, 6.45) is -4.36. The third-order valence-corrected chi connectivity index (χ3v) is 3.82. The molecule has 0 aromatic heterocycles. The van der Waals surface area contributed by atoms with Gasteiger partial charge in [0.1, 0.15) is 5.75 Å². The number of nitrogens with one attached hydrogen (secondary N) is 1. The molecule has 0 heterocycles. The van der Waals surface area contributed by atoms with Gasteiger partial charge in [0.15, 0.2) is 18.1 Å². The molecule has 1 N–H and O–H groups in total. The van der Waals surface area contributed by atoms with Gasteiger partial charge < -0.3 is 19.5 Å². The van der Waals surface area contributed by atoms with E-state index in [9.17, 15) is 13.2 Å². The lowest BCUT2D eigenvalue weighted by atomic mass is 10.1. The van der Waals surface area contributed by atoms with E-state index in [1.165, 1.54) is 13.2 Å². The number of methoxy groups -OCH3 is 1. The Balaban J connectivity index is 1.95. The molecule has 8 heteroatoms. The minimum Gasteiger partial charge on any atom is -0.493 e. The topological polar surface area (TPSA) is 39.7 Å². The third-order valence-electron chi connectivity index (χ3n) is 3.54. The predicted molar refractivity (Wildman–Crippen MR) is 97.7 cm³/mol. The lowest BCUT2D eigenvalue weighted by Crippen LogP contribution is -2.19. The molecule has 0 amide bonds. The van der Waals surface area contributed by atoms with Crippen LogP contribution >= 0.6 is 11.6 Å². The van der Waals surface area contributed by atoms with Gasteiger partial charge in [-0.1, -0.05) is 23.7 Å². The van der Waals surface area contributed by atoms with Crippen LogP contribution in [-0.4, -0.2) is 26.5 Å². The molecule has 2 aromatic rings. The molecule has 2 rings (SSSR count). The van der Waals surface area contributed by atoms with Crippen LogP contribution in [0, 0.1) is 0 Å². The van der Waals surface area contributed by atoms with Gasteiger partial charge in [0.2, 0.25) is 0 Å². The largest absolute Gasteiger partial charge is 0.493 e. The number of hydrogen-bond donors (Lipinski definition) is 1. The molecule has 0 unspecified atom stereocenters. The van der Waals surface area contributed by atoms with Gasteiger partial charge in [0, 0.05) is 13.1 Å². The summed E-state index contributed by atoms with van der Waals surface area (Å²) in [5.41, 5.74) is 1.70. The van der Waals surface area contributed by atoms with Crippen molar-refractivity contribution in [3.63, 3.8) is 0 Å². The van der Waals surface area contributed by atoms with Crippen LogP contribution in [-0.2, 0) is 13.1 Å². The minimum absolute atomic E-state index is 0.178. The SMILES string of the molecule is CCOc1c(Cl)cc(CNCc2cccc(OCC(F)(F)F)c2)cc1OC. The van der Waals surface area contributed by atoms with Gasteiger partial charge in [0.25, 0.3) is 0 Å². The van der Waals surface area contributed by atoms with Gasteiger partial charge in [-0.15, -0.1) is 0 Å². The van der Waals surface area contributed by atoms with Gasteiger partial charge in [-0.25, -0.2) is 0 Å². The van der Waals surface area contributed by atoms with Crippen molar-refractivity contribution in [3.05, 3.63) is 52.5 Å². The van der Waals surface area contributed by atoms with E-state index in [1.807, 2.05) is 13.0 Å². The predicted octanol–water partition coefficient (Wildman–Crippen LogP) is 4.98.